The van der Waals surface area contributed by atoms with Gasteiger partial charge >= 0.3 is 0 Å². The summed E-state index contributed by atoms with van der Waals surface area (Å²) in [4.78, 5) is 33.4. The van der Waals surface area contributed by atoms with Gasteiger partial charge in [0.2, 0.25) is 17.7 Å². The van der Waals surface area contributed by atoms with Crippen LogP contribution in [0, 0.1) is 5.92 Å². The van der Waals surface area contributed by atoms with Gasteiger partial charge in [0.1, 0.15) is 12.1 Å². The third-order valence-electron chi connectivity index (χ3n) is 2.09. The van der Waals surface area contributed by atoms with E-state index in [1.54, 1.807) is 13.8 Å². The van der Waals surface area contributed by atoms with Crippen LogP contribution in [0.15, 0.2) is 0 Å². The molecular weight excluding hydrogens is 210 g/mol. The molecule has 0 aliphatic heterocycles. The Morgan fingerprint density at radius 2 is 1.56 bits per heavy atom. The van der Waals surface area contributed by atoms with Crippen molar-refractivity contribution in [3.8, 4) is 0 Å². The maximum Gasteiger partial charge on any atom is 0.243 e. The molecule has 6 heteroatoms. The number of carbonyl (C=O) groups is 3. The minimum atomic E-state index is -0.748. The Morgan fingerprint density at radius 3 is 1.88 bits per heavy atom. The molecule has 0 bridgehead atoms. The highest BCUT2D eigenvalue weighted by molar-refractivity contribution is 5.91. The Balaban J connectivity index is 4.50. The van der Waals surface area contributed by atoms with E-state index in [0.29, 0.717) is 0 Å². The number of primary amides is 1. The molecule has 4 N–H and O–H groups in total. The Kier molecular flexibility index (Phi) is 5.49. The smallest absolute Gasteiger partial charge is 0.243 e. The summed E-state index contributed by atoms with van der Waals surface area (Å²) >= 11 is 0. The molecule has 0 fully saturated rings. The number of rotatable bonds is 5. The highest BCUT2D eigenvalue weighted by atomic mass is 16.2. The number of nitrogens with one attached hydrogen (secondary N) is 2. The summed E-state index contributed by atoms with van der Waals surface area (Å²) in [5, 5.41) is 4.96. The van der Waals surface area contributed by atoms with Crippen molar-refractivity contribution in [1.29, 1.82) is 0 Å². The minimum Gasteiger partial charge on any atom is -0.368 e. The van der Waals surface area contributed by atoms with E-state index in [-0.39, 0.29) is 11.8 Å². The first-order valence-electron chi connectivity index (χ1n) is 5.12. The zero-order valence-electron chi connectivity index (χ0n) is 10.0. The molecule has 0 saturated heterocycles. The number of amides is 3. The van der Waals surface area contributed by atoms with Gasteiger partial charge in [-0.15, -0.1) is 0 Å². The molecule has 0 spiro atoms. The zero-order chi connectivity index (χ0) is 12.9. The fraction of sp³-hybridized carbons (Fsp3) is 0.700. The average Bonchev–Trinajstić information content (AvgIpc) is 2.12. The summed E-state index contributed by atoms with van der Waals surface area (Å²) in [6.07, 6.45) is 0. The van der Waals surface area contributed by atoms with Gasteiger partial charge in [-0.3, -0.25) is 14.4 Å². The third kappa shape index (κ3) is 4.77. The van der Waals surface area contributed by atoms with Gasteiger partial charge in [-0.1, -0.05) is 13.8 Å². The highest BCUT2D eigenvalue weighted by Gasteiger charge is 2.25. The molecule has 2 atom stereocenters. The van der Waals surface area contributed by atoms with Crippen molar-refractivity contribution in [1.82, 2.24) is 10.6 Å². The molecule has 0 aliphatic carbocycles. The van der Waals surface area contributed by atoms with Gasteiger partial charge in [0.25, 0.3) is 0 Å². The molecule has 0 rings (SSSR count). The summed E-state index contributed by atoms with van der Waals surface area (Å²) in [6, 6.07) is -1.40. The first kappa shape index (κ1) is 14.4. The second-order valence-corrected chi connectivity index (χ2v) is 4.05. The van der Waals surface area contributed by atoms with Crippen LogP contribution in [-0.4, -0.2) is 29.8 Å². The van der Waals surface area contributed by atoms with Crippen molar-refractivity contribution in [2.45, 2.75) is 39.8 Å². The zero-order valence-corrected chi connectivity index (χ0v) is 10.0. The summed E-state index contributed by atoms with van der Waals surface area (Å²) in [5.74, 6) is -1.38. The monoisotopic (exact) mass is 229 g/mol. The van der Waals surface area contributed by atoms with Crippen LogP contribution in [0.1, 0.15) is 27.7 Å². The molecule has 92 valence electrons. The van der Waals surface area contributed by atoms with Crippen LogP contribution >= 0.6 is 0 Å². The van der Waals surface area contributed by atoms with E-state index in [1.807, 2.05) is 0 Å². The van der Waals surface area contributed by atoms with Crippen LogP contribution in [0.25, 0.3) is 0 Å². The number of hydrogen-bond acceptors (Lipinski definition) is 3. The second kappa shape index (κ2) is 6.09. The van der Waals surface area contributed by atoms with Crippen LogP contribution in [-0.2, 0) is 14.4 Å². The lowest BCUT2D eigenvalue weighted by Crippen LogP contribution is -2.53. The Labute approximate surface area is 94.9 Å². The standard InChI is InChI=1S/C10H19N3O3/c1-5(2)8(13-7(4)14)10(16)12-6(3)9(11)15/h5-6,8H,1-4H3,(H2,11,15)(H,12,16)(H,13,14)/t6-,8-/m1/s1. The van der Waals surface area contributed by atoms with Crippen molar-refractivity contribution in [2.75, 3.05) is 0 Å². The van der Waals surface area contributed by atoms with Crippen molar-refractivity contribution in [2.24, 2.45) is 11.7 Å². The topological polar surface area (TPSA) is 101 Å². The van der Waals surface area contributed by atoms with Crippen LogP contribution in [0.5, 0.6) is 0 Å². The van der Waals surface area contributed by atoms with Gasteiger partial charge < -0.3 is 16.4 Å². The Bertz CT molecular complexity index is 289. The quantitative estimate of drug-likeness (QED) is 0.571. The second-order valence-electron chi connectivity index (χ2n) is 4.05. The summed E-state index contributed by atoms with van der Waals surface area (Å²) in [6.45, 7) is 6.43. The molecule has 0 aromatic carbocycles. The lowest BCUT2D eigenvalue weighted by Gasteiger charge is -2.22. The SMILES string of the molecule is CC(=O)N[C@@H](C(=O)N[C@H](C)C(N)=O)C(C)C. The van der Waals surface area contributed by atoms with Gasteiger partial charge in [-0.2, -0.15) is 0 Å². The molecule has 0 aliphatic rings. The molecule has 3 amide bonds. The van der Waals surface area contributed by atoms with E-state index in [0.717, 1.165) is 0 Å². The molecule has 6 nitrogen and oxygen atoms in total. The first-order chi connectivity index (χ1) is 7.25. The van der Waals surface area contributed by atoms with Gasteiger partial charge in [0.05, 0.1) is 0 Å². The maximum atomic E-state index is 11.7. The van der Waals surface area contributed by atoms with Crippen LogP contribution in [0.4, 0.5) is 0 Å². The summed E-state index contributed by atoms with van der Waals surface area (Å²) in [5.41, 5.74) is 5.02. The normalized spacial score (nSPS) is 14.1. The first-order valence-corrected chi connectivity index (χ1v) is 5.12. The van der Waals surface area contributed by atoms with E-state index >= 15 is 0 Å². The fourth-order valence-electron chi connectivity index (χ4n) is 1.13. The lowest BCUT2D eigenvalue weighted by atomic mass is 10.0. The van der Waals surface area contributed by atoms with Gasteiger partial charge in [-0.25, -0.2) is 0 Å². The third-order valence-corrected chi connectivity index (χ3v) is 2.09. The summed E-state index contributed by atoms with van der Waals surface area (Å²) < 4.78 is 0. The molecular formula is C10H19N3O3. The average molecular weight is 229 g/mol. The number of carbonyl (C=O) groups excluding carboxylic acids is 3. The molecule has 0 aromatic heterocycles. The van der Waals surface area contributed by atoms with E-state index in [1.165, 1.54) is 13.8 Å². The Morgan fingerprint density at radius 1 is 1.06 bits per heavy atom. The fourth-order valence-corrected chi connectivity index (χ4v) is 1.13. The molecule has 0 unspecified atom stereocenters. The molecule has 0 heterocycles. The molecule has 0 aromatic rings. The number of hydrogen-bond donors (Lipinski definition) is 3. The molecule has 0 radical (unpaired) electrons. The highest BCUT2D eigenvalue weighted by Crippen LogP contribution is 2.02. The predicted octanol–water partition coefficient (Wildman–Crippen LogP) is -0.863. The van der Waals surface area contributed by atoms with Gasteiger partial charge in [0, 0.05) is 6.92 Å². The van der Waals surface area contributed by atoms with Gasteiger partial charge in [-0.05, 0) is 12.8 Å². The van der Waals surface area contributed by atoms with Crippen molar-refractivity contribution < 1.29 is 14.4 Å². The Hall–Kier alpha value is -1.59. The van der Waals surface area contributed by atoms with Crippen molar-refractivity contribution >= 4 is 17.7 Å². The largest absolute Gasteiger partial charge is 0.368 e. The van der Waals surface area contributed by atoms with Crippen LogP contribution in [0.2, 0.25) is 0 Å². The molecule has 0 saturated carbocycles. The minimum absolute atomic E-state index is 0.0658. The van der Waals surface area contributed by atoms with E-state index < -0.39 is 23.9 Å². The van der Waals surface area contributed by atoms with Crippen molar-refractivity contribution in [3.63, 3.8) is 0 Å². The number of nitrogens with two attached hydrogens (primary N) is 1. The predicted molar refractivity (Wildman–Crippen MR) is 59.2 cm³/mol. The van der Waals surface area contributed by atoms with E-state index in [9.17, 15) is 14.4 Å². The van der Waals surface area contributed by atoms with Gasteiger partial charge in [0.15, 0.2) is 0 Å². The summed E-state index contributed by atoms with van der Waals surface area (Å²) in [7, 11) is 0. The van der Waals surface area contributed by atoms with Crippen LogP contribution < -0.4 is 16.4 Å². The van der Waals surface area contributed by atoms with E-state index in [2.05, 4.69) is 10.6 Å². The van der Waals surface area contributed by atoms with E-state index in [4.69, 9.17) is 5.73 Å². The maximum absolute atomic E-state index is 11.7. The van der Waals surface area contributed by atoms with Crippen LogP contribution in [0.3, 0.4) is 0 Å². The lowest BCUT2D eigenvalue weighted by molar-refractivity contribution is -0.131. The molecule has 16 heavy (non-hydrogen) atoms. The van der Waals surface area contributed by atoms with Crippen molar-refractivity contribution in [3.05, 3.63) is 0 Å².